The summed E-state index contributed by atoms with van der Waals surface area (Å²) in [6.07, 6.45) is 6.27. The van der Waals surface area contributed by atoms with E-state index >= 15 is 0 Å². The molecule has 1 heteroatoms. The third kappa shape index (κ3) is 4.91. The lowest BCUT2D eigenvalue weighted by molar-refractivity contribution is 0.382. The molecule has 0 spiro atoms. The Labute approximate surface area is 107 Å². The molecule has 1 aromatic carbocycles. The topological polar surface area (TPSA) is 12.0 Å². The van der Waals surface area contributed by atoms with E-state index in [9.17, 15) is 0 Å². The summed E-state index contributed by atoms with van der Waals surface area (Å²) in [5, 5.41) is 3.82. The van der Waals surface area contributed by atoms with Crippen LogP contribution >= 0.6 is 0 Å². The molecule has 0 bridgehead atoms. The third-order valence-corrected chi connectivity index (χ3v) is 3.32. The standard InChI is InChI=1S/C16H27N/c1-4-10-15(11-5-2)17-16(6-3)14-12-8-7-9-13-14/h7-9,12-13,15-17H,4-6,10-11H2,1-3H3. The van der Waals surface area contributed by atoms with E-state index < -0.39 is 0 Å². The minimum atomic E-state index is 0.513. The van der Waals surface area contributed by atoms with E-state index in [1.807, 2.05) is 0 Å². The van der Waals surface area contributed by atoms with Crippen LogP contribution in [0.5, 0.6) is 0 Å². The molecule has 96 valence electrons. The van der Waals surface area contributed by atoms with Crippen LogP contribution in [0, 0.1) is 0 Å². The van der Waals surface area contributed by atoms with Crippen molar-refractivity contribution in [2.75, 3.05) is 0 Å². The molecule has 17 heavy (non-hydrogen) atoms. The van der Waals surface area contributed by atoms with E-state index in [1.54, 1.807) is 0 Å². The van der Waals surface area contributed by atoms with Crippen LogP contribution in [0.15, 0.2) is 30.3 Å². The van der Waals surface area contributed by atoms with Crippen LogP contribution in [0.4, 0.5) is 0 Å². The molecule has 0 saturated heterocycles. The smallest absolute Gasteiger partial charge is 0.0320 e. The van der Waals surface area contributed by atoms with E-state index in [2.05, 4.69) is 56.4 Å². The van der Waals surface area contributed by atoms with Gasteiger partial charge in [-0.25, -0.2) is 0 Å². The van der Waals surface area contributed by atoms with Gasteiger partial charge < -0.3 is 5.32 Å². The van der Waals surface area contributed by atoms with Crippen LogP contribution in [-0.4, -0.2) is 6.04 Å². The predicted octanol–water partition coefficient (Wildman–Crippen LogP) is 4.70. The van der Waals surface area contributed by atoms with Gasteiger partial charge >= 0.3 is 0 Å². The summed E-state index contributed by atoms with van der Waals surface area (Å²) in [5.41, 5.74) is 1.42. The van der Waals surface area contributed by atoms with Crippen LogP contribution in [0.2, 0.25) is 0 Å². The van der Waals surface area contributed by atoms with E-state index in [-0.39, 0.29) is 0 Å². The molecule has 0 aliphatic rings. The first-order valence-electron chi connectivity index (χ1n) is 7.12. The number of hydrogen-bond acceptors (Lipinski definition) is 1. The first-order valence-corrected chi connectivity index (χ1v) is 7.12. The van der Waals surface area contributed by atoms with Gasteiger partial charge in [0, 0.05) is 12.1 Å². The highest BCUT2D eigenvalue weighted by Crippen LogP contribution is 2.19. The molecular formula is C16H27N. The van der Waals surface area contributed by atoms with Gasteiger partial charge in [0.1, 0.15) is 0 Å². The summed E-state index contributed by atoms with van der Waals surface area (Å²) in [4.78, 5) is 0. The van der Waals surface area contributed by atoms with E-state index in [0.29, 0.717) is 12.1 Å². The minimum Gasteiger partial charge on any atom is -0.307 e. The predicted molar refractivity (Wildman–Crippen MR) is 76.2 cm³/mol. The van der Waals surface area contributed by atoms with Crippen molar-refractivity contribution in [2.24, 2.45) is 0 Å². The highest BCUT2D eigenvalue weighted by molar-refractivity contribution is 5.18. The molecular weight excluding hydrogens is 206 g/mol. The minimum absolute atomic E-state index is 0.513. The Morgan fingerprint density at radius 3 is 2.00 bits per heavy atom. The average Bonchev–Trinajstić information content (AvgIpc) is 2.37. The Bertz CT molecular complexity index is 275. The average molecular weight is 233 g/mol. The zero-order valence-electron chi connectivity index (χ0n) is 11.6. The van der Waals surface area contributed by atoms with Crippen molar-refractivity contribution in [3.63, 3.8) is 0 Å². The molecule has 1 N–H and O–H groups in total. The first kappa shape index (κ1) is 14.2. The van der Waals surface area contributed by atoms with Crippen molar-refractivity contribution in [3.8, 4) is 0 Å². The SMILES string of the molecule is CCCC(CCC)NC(CC)c1ccccc1. The molecule has 1 atom stereocenters. The monoisotopic (exact) mass is 233 g/mol. The second-order valence-electron chi connectivity index (χ2n) is 4.81. The van der Waals surface area contributed by atoms with Gasteiger partial charge in [0.25, 0.3) is 0 Å². The van der Waals surface area contributed by atoms with Gasteiger partial charge in [-0.3, -0.25) is 0 Å². The summed E-state index contributed by atoms with van der Waals surface area (Å²) < 4.78 is 0. The molecule has 0 saturated carbocycles. The molecule has 0 heterocycles. The molecule has 0 fully saturated rings. The summed E-state index contributed by atoms with van der Waals surface area (Å²) in [6, 6.07) is 12.0. The quantitative estimate of drug-likeness (QED) is 0.686. The second kappa shape index (κ2) is 8.30. The zero-order chi connectivity index (χ0) is 12.5. The Morgan fingerprint density at radius 1 is 0.941 bits per heavy atom. The van der Waals surface area contributed by atoms with E-state index in [0.717, 1.165) is 6.42 Å². The van der Waals surface area contributed by atoms with Gasteiger partial charge in [-0.05, 0) is 24.8 Å². The fraction of sp³-hybridized carbons (Fsp3) is 0.625. The summed E-state index contributed by atoms with van der Waals surface area (Å²) in [7, 11) is 0. The van der Waals surface area contributed by atoms with Crippen LogP contribution < -0.4 is 5.32 Å². The van der Waals surface area contributed by atoms with E-state index in [4.69, 9.17) is 0 Å². The summed E-state index contributed by atoms with van der Waals surface area (Å²) in [6.45, 7) is 6.81. The maximum Gasteiger partial charge on any atom is 0.0320 e. The number of benzene rings is 1. The normalized spacial score (nSPS) is 12.9. The van der Waals surface area contributed by atoms with Crippen molar-refractivity contribution in [3.05, 3.63) is 35.9 Å². The summed E-state index contributed by atoms with van der Waals surface area (Å²) >= 11 is 0. The highest BCUT2D eigenvalue weighted by Gasteiger charge is 2.13. The Hall–Kier alpha value is -0.820. The van der Waals surface area contributed by atoms with Gasteiger partial charge in [0.2, 0.25) is 0 Å². The molecule has 1 aromatic rings. The molecule has 0 aromatic heterocycles. The number of nitrogens with one attached hydrogen (secondary N) is 1. The lowest BCUT2D eigenvalue weighted by atomic mass is 10.0. The first-order chi connectivity index (χ1) is 8.31. The lowest BCUT2D eigenvalue weighted by Crippen LogP contribution is -2.32. The second-order valence-corrected chi connectivity index (χ2v) is 4.81. The molecule has 1 unspecified atom stereocenters. The highest BCUT2D eigenvalue weighted by atomic mass is 14.9. The van der Waals surface area contributed by atoms with Crippen LogP contribution in [-0.2, 0) is 0 Å². The Balaban J connectivity index is 2.61. The van der Waals surface area contributed by atoms with Crippen molar-refractivity contribution in [1.82, 2.24) is 5.32 Å². The Kier molecular flexibility index (Phi) is 6.95. The molecule has 0 aliphatic carbocycles. The fourth-order valence-electron chi connectivity index (χ4n) is 2.43. The van der Waals surface area contributed by atoms with Gasteiger partial charge in [0.15, 0.2) is 0 Å². The fourth-order valence-corrected chi connectivity index (χ4v) is 2.43. The van der Waals surface area contributed by atoms with Crippen molar-refractivity contribution in [1.29, 1.82) is 0 Å². The summed E-state index contributed by atoms with van der Waals surface area (Å²) in [5.74, 6) is 0. The number of rotatable bonds is 8. The van der Waals surface area contributed by atoms with Gasteiger partial charge in [-0.2, -0.15) is 0 Å². The maximum atomic E-state index is 3.82. The Morgan fingerprint density at radius 2 is 1.53 bits per heavy atom. The van der Waals surface area contributed by atoms with Crippen molar-refractivity contribution >= 4 is 0 Å². The van der Waals surface area contributed by atoms with Crippen LogP contribution in [0.1, 0.15) is 64.5 Å². The molecule has 0 radical (unpaired) electrons. The number of hydrogen-bond donors (Lipinski definition) is 1. The van der Waals surface area contributed by atoms with Crippen molar-refractivity contribution < 1.29 is 0 Å². The molecule has 0 amide bonds. The van der Waals surface area contributed by atoms with Crippen molar-refractivity contribution in [2.45, 2.75) is 65.0 Å². The van der Waals surface area contributed by atoms with Crippen LogP contribution in [0.25, 0.3) is 0 Å². The van der Waals surface area contributed by atoms with E-state index in [1.165, 1.54) is 31.2 Å². The molecule has 1 rings (SSSR count). The third-order valence-electron chi connectivity index (χ3n) is 3.32. The molecule has 0 aliphatic heterocycles. The van der Waals surface area contributed by atoms with Gasteiger partial charge in [-0.15, -0.1) is 0 Å². The molecule has 1 nitrogen and oxygen atoms in total. The van der Waals surface area contributed by atoms with Gasteiger partial charge in [0.05, 0.1) is 0 Å². The van der Waals surface area contributed by atoms with Crippen LogP contribution in [0.3, 0.4) is 0 Å². The largest absolute Gasteiger partial charge is 0.307 e. The van der Waals surface area contributed by atoms with Gasteiger partial charge in [-0.1, -0.05) is 63.9 Å². The zero-order valence-corrected chi connectivity index (χ0v) is 11.6. The maximum absolute atomic E-state index is 3.82. The lowest BCUT2D eigenvalue weighted by Gasteiger charge is -2.25.